The van der Waals surface area contributed by atoms with Crippen molar-refractivity contribution in [2.24, 2.45) is 0 Å². The number of H-pyrrole nitrogens is 1. The number of nitrogens with one attached hydrogen (secondary N) is 1. The van der Waals surface area contributed by atoms with Gasteiger partial charge in [-0.05, 0) is 19.3 Å². The lowest BCUT2D eigenvalue weighted by Gasteiger charge is -2.30. The number of aromatic nitrogens is 2. The van der Waals surface area contributed by atoms with Crippen molar-refractivity contribution in [3.8, 4) is 0 Å². The van der Waals surface area contributed by atoms with E-state index in [1.54, 1.807) is 0 Å². The van der Waals surface area contributed by atoms with Gasteiger partial charge in [0.2, 0.25) is 0 Å². The summed E-state index contributed by atoms with van der Waals surface area (Å²) in [6.45, 7) is 20.9. The topological polar surface area (TPSA) is 28.7 Å². The average molecular weight is 335 g/mol. The van der Waals surface area contributed by atoms with Gasteiger partial charge in [0.05, 0.1) is 5.69 Å². The van der Waals surface area contributed by atoms with Crippen LogP contribution in [0, 0.1) is 0 Å². The Morgan fingerprint density at radius 1 is 0.750 bits per heavy atom. The molecule has 0 fully saturated rings. The highest BCUT2D eigenvalue weighted by atomic mass is 15.0. The van der Waals surface area contributed by atoms with E-state index in [0.717, 1.165) is 6.42 Å². The minimum Gasteiger partial charge on any atom is -0.345 e. The number of nitrogens with zero attached hydrogens (tertiary/aromatic N) is 1. The number of hydrogen-bond donors (Lipinski definition) is 1. The summed E-state index contributed by atoms with van der Waals surface area (Å²) in [4.78, 5) is 8.99. The Bertz CT molecular complexity index is 469. The first-order valence-electron chi connectivity index (χ1n) is 10.1. The van der Waals surface area contributed by atoms with Gasteiger partial charge >= 0.3 is 0 Å². The van der Waals surface area contributed by atoms with Crippen LogP contribution in [0.4, 0.5) is 0 Å². The van der Waals surface area contributed by atoms with E-state index in [2.05, 4.69) is 67.3 Å². The molecule has 24 heavy (non-hydrogen) atoms. The van der Waals surface area contributed by atoms with E-state index in [-0.39, 0.29) is 16.2 Å². The van der Waals surface area contributed by atoms with Crippen molar-refractivity contribution in [2.75, 3.05) is 0 Å². The number of rotatable bonds is 10. The van der Waals surface area contributed by atoms with Crippen LogP contribution in [0.5, 0.6) is 0 Å². The Labute approximate surface area is 151 Å². The van der Waals surface area contributed by atoms with Crippen LogP contribution in [0.15, 0.2) is 0 Å². The quantitative estimate of drug-likeness (QED) is 0.488. The second-order valence-electron chi connectivity index (χ2n) is 9.52. The number of unbranched alkanes of at least 4 members (excludes halogenated alkanes) is 2. The van der Waals surface area contributed by atoms with E-state index in [9.17, 15) is 0 Å². The Hall–Kier alpha value is -0.790. The molecule has 0 aliphatic carbocycles. The van der Waals surface area contributed by atoms with Crippen LogP contribution >= 0.6 is 0 Å². The van der Waals surface area contributed by atoms with Crippen LogP contribution < -0.4 is 0 Å². The van der Waals surface area contributed by atoms with Crippen molar-refractivity contribution in [3.05, 3.63) is 17.2 Å². The molecule has 1 aromatic rings. The monoisotopic (exact) mass is 334 g/mol. The zero-order chi connectivity index (χ0) is 18.6. The van der Waals surface area contributed by atoms with Crippen LogP contribution in [0.3, 0.4) is 0 Å². The first-order chi connectivity index (χ1) is 11.0. The Morgan fingerprint density at radius 3 is 1.71 bits per heavy atom. The van der Waals surface area contributed by atoms with Crippen molar-refractivity contribution in [2.45, 2.75) is 124 Å². The second kappa shape index (κ2) is 8.06. The Kier molecular flexibility index (Phi) is 7.14. The smallest absolute Gasteiger partial charge is 0.112 e. The molecule has 1 heterocycles. The molecule has 0 atom stereocenters. The fraction of sp³-hybridized carbons (Fsp3) is 0.864. The van der Waals surface area contributed by atoms with Crippen molar-refractivity contribution >= 4 is 0 Å². The van der Waals surface area contributed by atoms with Crippen LogP contribution in [0.1, 0.15) is 124 Å². The van der Waals surface area contributed by atoms with Gasteiger partial charge in [-0.3, -0.25) is 0 Å². The molecule has 0 aliphatic rings. The molecule has 0 amide bonds. The van der Waals surface area contributed by atoms with Gasteiger partial charge in [0.15, 0.2) is 0 Å². The maximum absolute atomic E-state index is 5.20. The van der Waals surface area contributed by atoms with Gasteiger partial charge in [-0.1, -0.05) is 88.0 Å². The summed E-state index contributed by atoms with van der Waals surface area (Å²) in [5.41, 5.74) is 3.09. The summed E-state index contributed by atoms with van der Waals surface area (Å²) in [6.07, 6.45) is 8.56. The van der Waals surface area contributed by atoms with Crippen molar-refractivity contribution < 1.29 is 0 Å². The van der Waals surface area contributed by atoms with Crippen molar-refractivity contribution in [1.82, 2.24) is 9.97 Å². The molecule has 1 N–H and O–H groups in total. The summed E-state index contributed by atoms with van der Waals surface area (Å²) in [5.74, 6) is 1.17. The van der Waals surface area contributed by atoms with E-state index in [0.29, 0.717) is 0 Å². The first-order valence-corrected chi connectivity index (χ1v) is 10.1. The molecule has 0 spiro atoms. The number of hydrogen-bond acceptors (Lipinski definition) is 1. The lowest BCUT2D eigenvalue weighted by atomic mass is 9.75. The van der Waals surface area contributed by atoms with Crippen molar-refractivity contribution in [1.29, 1.82) is 0 Å². The third-order valence-corrected chi connectivity index (χ3v) is 5.86. The lowest BCUT2D eigenvalue weighted by Crippen LogP contribution is -2.26. The van der Waals surface area contributed by atoms with Gasteiger partial charge in [-0.15, -0.1) is 0 Å². The number of aromatic amines is 1. The van der Waals surface area contributed by atoms with Crippen molar-refractivity contribution in [3.63, 3.8) is 0 Å². The summed E-state index contributed by atoms with van der Waals surface area (Å²) in [7, 11) is 0. The summed E-state index contributed by atoms with van der Waals surface area (Å²) < 4.78 is 0. The molecule has 0 saturated heterocycles. The fourth-order valence-corrected chi connectivity index (χ4v) is 3.32. The summed E-state index contributed by atoms with van der Waals surface area (Å²) >= 11 is 0. The molecule has 140 valence electrons. The van der Waals surface area contributed by atoms with Gasteiger partial charge < -0.3 is 4.98 Å². The van der Waals surface area contributed by atoms with E-state index < -0.39 is 0 Å². The standard InChI is InChI=1S/C22H42N2/c1-10-13-15-21(6,7)17-18(22(8,9)16-14-11-2)24-19(23-17)20(4,5)12-3/h10-16H2,1-9H3,(H,23,24). The molecular weight excluding hydrogens is 292 g/mol. The van der Waals surface area contributed by atoms with E-state index in [4.69, 9.17) is 4.98 Å². The summed E-state index contributed by atoms with van der Waals surface area (Å²) in [6, 6.07) is 0. The molecule has 1 rings (SSSR count). The molecular formula is C22H42N2. The Morgan fingerprint density at radius 2 is 1.25 bits per heavy atom. The molecule has 2 nitrogen and oxygen atoms in total. The zero-order valence-corrected chi connectivity index (χ0v) is 17.9. The largest absolute Gasteiger partial charge is 0.345 e. The van der Waals surface area contributed by atoms with Gasteiger partial charge in [-0.2, -0.15) is 0 Å². The predicted octanol–water partition coefficient (Wildman–Crippen LogP) is 7.03. The molecule has 1 aromatic heterocycles. The van der Waals surface area contributed by atoms with Crippen LogP contribution in [0.2, 0.25) is 0 Å². The predicted molar refractivity (Wildman–Crippen MR) is 107 cm³/mol. The SMILES string of the molecule is CCCCC(C)(C)c1nc(C(C)(C)CC)[nH]c1C(C)(C)CCCC. The second-order valence-corrected chi connectivity index (χ2v) is 9.52. The highest BCUT2D eigenvalue weighted by Crippen LogP contribution is 2.40. The maximum atomic E-state index is 5.20. The minimum atomic E-state index is 0.106. The van der Waals surface area contributed by atoms with Gasteiger partial charge in [-0.25, -0.2) is 4.98 Å². The Balaban J connectivity index is 3.38. The van der Waals surface area contributed by atoms with Gasteiger partial charge in [0.25, 0.3) is 0 Å². The summed E-state index contributed by atoms with van der Waals surface area (Å²) in [5, 5.41) is 0. The van der Waals surface area contributed by atoms with Crippen LogP contribution in [-0.4, -0.2) is 9.97 Å². The van der Waals surface area contributed by atoms with E-state index in [1.807, 2.05) is 0 Å². The zero-order valence-electron chi connectivity index (χ0n) is 17.9. The van der Waals surface area contributed by atoms with E-state index >= 15 is 0 Å². The lowest BCUT2D eigenvalue weighted by molar-refractivity contribution is 0.404. The number of imidazole rings is 1. The van der Waals surface area contributed by atoms with Crippen LogP contribution in [0.25, 0.3) is 0 Å². The fourth-order valence-electron chi connectivity index (χ4n) is 3.32. The highest BCUT2D eigenvalue weighted by Gasteiger charge is 2.36. The molecule has 0 unspecified atom stereocenters. The highest BCUT2D eigenvalue weighted by molar-refractivity contribution is 5.31. The molecule has 0 aliphatic heterocycles. The van der Waals surface area contributed by atoms with E-state index in [1.165, 1.54) is 55.7 Å². The third kappa shape index (κ3) is 4.86. The van der Waals surface area contributed by atoms with Crippen LogP contribution in [-0.2, 0) is 16.2 Å². The molecule has 0 radical (unpaired) electrons. The molecule has 0 bridgehead atoms. The van der Waals surface area contributed by atoms with Gasteiger partial charge in [0.1, 0.15) is 5.82 Å². The molecule has 0 saturated carbocycles. The average Bonchev–Trinajstić information content (AvgIpc) is 2.99. The normalized spacial score (nSPS) is 13.5. The molecule has 2 heteroatoms. The molecule has 0 aromatic carbocycles. The first kappa shape index (κ1) is 21.3. The van der Waals surface area contributed by atoms with Gasteiger partial charge in [0, 0.05) is 21.9 Å². The maximum Gasteiger partial charge on any atom is 0.112 e. The third-order valence-electron chi connectivity index (χ3n) is 5.86. The minimum absolute atomic E-state index is 0.106.